The van der Waals surface area contributed by atoms with Crippen molar-refractivity contribution in [1.29, 1.82) is 0 Å². The first-order valence-corrected chi connectivity index (χ1v) is 7.19. The molecule has 0 aliphatic carbocycles. The van der Waals surface area contributed by atoms with Gasteiger partial charge in [0.25, 0.3) is 0 Å². The van der Waals surface area contributed by atoms with Crippen molar-refractivity contribution in [3.8, 4) is 10.6 Å². The molecule has 2 rings (SSSR count). The van der Waals surface area contributed by atoms with E-state index in [1.165, 1.54) is 11.3 Å². The second kappa shape index (κ2) is 6.95. The number of anilines is 1. The lowest BCUT2D eigenvalue weighted by molar-refractivity contribution is -0.116. The molecule has 2 aromatic rings. The van der Waals surface area contributed by atoms with Gasteiger partial charge < -0.3 is 11.1 Å². The van der Waals surface area contributed by atoms with E-state index >= 15 is 0 Å². The second-order valence-electron chi connectivity index (χ2n) is 3.77. The van der Waals surface area contributed by atoms with Crippen molar-refractivity contribution in [2.24, 2.45) is 5.73 Å². The van der Waals surface area contributed by atoms with Crippen molar-refractivity contribution < 1.29 is 4.79 Å². The number of aromatic nitrogens is 2. The van der Waals surface area contributed by atoms with E-state index in [1.54, 1.807) is 11.3 Å². The number of halogens is 1. The maximum atomic E-state index is 11.4. The monoisotopic (exact) mass is 318 g/mol. The van der Waals surface area contributed by atoms with Crippen LogP contribution in [0.2, 0.25) is 0 Å². The number of carbonyl (C=O) groups excluding carboxylic acids is 1. The number of carbonyl (C=O) groups is 1. The highest BCUT2D eigenvalue weighted by atomic mass is 35.5. The van der Waals surface area contributed by atoms with Crippen LogP contribution >= 0.6 is 35.1 Å². The number of nitrogens with one attached hydrogen (secondary N) is 1. The van der Waals surface area contributed by atoms with E-state index in [0.29, 0.717) is 18.1 Å². The Morgan fingerprint density at radius 2 is 2.16 bits per heavy atom. The largest absolute Gasteiger partial charge is 0.330 e. The molecular formula is C11H15ClN4OS2. The fourth-order valence-corrected chi connectivity index (χ4v) is 3.19. The molecule has 0 fully saturated rings. The van der Waals surface area contributed by atoms with E-state index < -0.39 is 0 Å². The number of hydrogen-bond donors (Lipinski definition) is 2. The molecule has 0 saturated heterocycles. The topological polar surface area (TPSA) is 80.9 Å². The van der Waals surface area contributed by atoms with E-state index in [4.69, 9.17) is 5.73 Å². The molecule has 2 heterocycles. The first kappa shape index (κ1) is 16.0. The van der Waals surface area contributed by atoms with Gasteiger partial charge in [0.15, 0.2) is 5.13 Å². The summed E-state index contributed by atoms with van der Waals surface area (Å²) in [5.74, 6) is -0.101. The van der Waals surface area contributed by atoms with Crippen LogP contribution in [0.15, 0.2) is 5.38 Å². The molecular weight excluding hydrogens is 304 g/mol. The van der Waals surface area contributed by atoms with Crippen molar-refractivity contribution in [1.82, 2.24) is 9.97 Å². The van der Waals surface area contributed by atoms with Gasteiger partial charge in [-0.05, 0) is 13.8 Å². The molecule has 3 N–H and O–H groups in total. The van der Waals surface area contributed by atoms with Crippen LogP contribution in [0.3, 0.4) is 0 Å². The molecule has 5 nitrogen and oxygen atoms in total. The average Bonchev–Trinajstić information content (AvgIpc) is 2.85. The summed E-state index contributed by atoms with van der Waals surface area (Å²) in [5.41, 5.74) is 7.16. The summed E-state index contributed by atoms with van der Waals surface area (Å²) in [5, 5.41) is 6.28. The zero-order valence-electron chi connectivity index (χ0n) is 10.6. The lowest BCUT2D eigenvalue weighted by atomic mass is 10.3. The van der Waals surface area contributed by atoms with Gasteiger partial charge in [0, 0.05) is 18.3 Å². The maximum absolute atomic E-state index is 11.4. The van der Waals surface area contributed by atoms with Crippen molar-refractivity contribution in [2.45, 2.75) is 20.3 Å². The number of rotatable bonds is 4. The zero-order valence-corrected chi connectivity index (χ0v) is 13.0. The second-order valence-corrected chi connectivity index (χ2v) is 5.83. The summed E-state index contributed by atoms with van der Waals surface area (Å²) >= 11 is 3.02. The summed E-state index contributed by atoms with van der Waals surface area (Å²) in [6, 6.07) is 0. The van der Waals surface area contributed by atoms with Gasteiger partial charge in [-0.25, -0.2) is 9.97 Å². The number of nitrogens with zero attached hydrogens (tertiary/aromatic N) is 2. The van der Waals surface area contributed by atoms with E-state index in [2.05, 4.69) is 15.3 Å². The van der Waals surface area contributed by atoms with E-state index in [-0.39, 0.29) is 18.3 Å². The quantitative estimate of drug-likeness (QED) is 0.908. The molecule has 0 aliphatic rings. The molecule has 0 bridgehead atoms. The summed E-state index contributed by atoms with van der Waals surface area (Å²) < 4.78 is 0. The van der Waals surface area contributed by atoms with Gasteiger partial charge in [-0.1, -0.05) is 0 Å². The van der Waals surface area contributed by atoms with Crippen LogP contribution in [0.1, 0.15) is 17.1 Å². The third kappa shape index (κ3) is 3.97. The first-order valence-electron chi connectivity index (χ1n) is 5.50. The Balaban J connectivity index is 0.00000180. The molecule has 0 radical (unpaired) electrons. The van der Waals surface area contributed by atoms with E-state index in [1.807, 2.05) is 19.2 Å². The van der Waals surface area contributed by atoms with Crippen LogP contribution in [0.25, 0.3) is 10.6 Å². The number of nitrogens with two attached hydrogens (primary N) is 1. The van der Waals surface area contributed by atoms with Crippen molar-refractivity contribution in [3.05, 3.63) is 16.1 Å². The number of aryl methyl sites for hydroxylation is 2. The minimum atomic E-state index is -0.101. The van der Waals surface area contributed by atoms with Gasteiger partial charge in [-0.3, -0.25) is 4.79 Å². The summed E-state index contributed by atoms with van der Waals surface area (Å²) in [7, 11) is 0. The normalized spacial score (nSPS) is 10.1. The van der Waals surface area contributed by atoms with Crippen LogP contribution in [0.5, 0.6) is 0 Å². The Morgan fingerprint density at radius 3 is 2.74 bits per heavy atom. The fraction of sp³-hybridized carbons (Fsp3) is 0.364. The van der Waals surface area contributed by atoms with Crippen molar-refractivity contribution >= 4 is 46.1 Å². The van der Waals surface area contributed by atoms with Crippen LogP contribution in [-0.4, -0.2) is 22.4 Å². The lowest BCUT2D eigenvalue weighted by Gasteiger charge is -1.98. The fourth-order valence-electron chi connectivity index (χ4n) is 1.52. The highest BCUT2D eigenvalue weighted by Crippen LogP contribution is 2.31. The smallest absolute Gasteiger partial charge is 0.227 e. The minimum Gasteiger partial charge on any atom is -0.330 e. The van der Waals surface area contributed by atoms with Gasteiger partial charge in [-0.2, -0.15) is 0 Å². The molecule has 1 amide bonds. The summed E-state index contributed by atoms with van der Waals surface area (Å²) in [6.07, 6.45) is 0.313. The standard InChI is InChI=1S/C11H14N4OS2.ClH/c1-6-10(18-7(2)13-6)8-5-17-11(14-8)15-9(16)3-4-12;/h5H,3-4,12H2,1-2H3,(H,14,15,16);1H. The lowest BCUT2D eigenvalue weighted by Crippen LogP contribution is -2.15. The first-order chi connectivity index (χ1) is 8.60. The van der Waals surface area contributed by atoms with Gasteiger partial charge in [0.2, 0.25) is 5.91 Å². The van der Waals surface area contributed by atoms with Gasteiger partial charge in [-0.15, -0.1) is 35.1 Å². The average molecular weight is 319 g/mol. The molecule has 0 saturated carbocycles. The maximum Gasteiger partial charge on any atom is 0.227 e. The third-order valence-electron chi connectivity index (χ3n) is 2.26. The molecule has 0 atom stereocenters. The number of thiazole rings is 2. The van der Waals surface area contributed by atoms with Crippen LogP contribution < -0.4 is 11.1 Å². The van der Waals surface area contributed by atoms with Crippen LogP contribution in [-0.2, 0) is 4.79 Å². The highest BCUT2D eigenvalue weighted by molar-refractivity contribution is 7.16. The van der Waals surface area contributed by atoms with Crippen molar-refractivity contribution in [2.75, 3.05) is 11.9 Å². The van der Waals surface area contributed by atoms with Gasteiger partial charge in [0.05, 0.1) is 21.3 Å². The molecule has 8 heteroatoms. The third-order valence-corrected chi connectivity index (χ3v) is 4.11. The van der Waals surface area contributed by atoms with Crippen LogP contribution in [0.4, 0.5) is 5.13 Å². The predicted octanol–water partition coefficient (Wildman–Crippen LogP) is 2.59. The highest BCUT2D eigenvalue weighted by Gasteiger charge is 2.12. The Kier molecular flexibility index (Phi) is 5.86. The number of amides is 1. The Bertz CT molecular complexity index is 567. The Hall–Kier alpha value is -1.02. The Morgan fingerprint density at radius 1 is 1.42 bits per heavy atom. The predicted molar refractivity (Wildman–Crippen MR) is 82.2 cm³/mol. The minimum absolute atomic E-state index is 0. The number of hydrogen-bond acceptors (Lipinski definition) is 6. The van der Waals surface area contributed by atoms with Gasteiger partial charge in [0.1, 0.15) is 0 Å². The molecule has 2 aromatic heterocycles. The van der Waals surface area contributed by atoms with E-state index in [0.717, 1.165) is 21.3 Å². The van der Waals surface area contributed by atoms with Crippen LogP contribution in [0, 0.1) is 13.8 Å². The SMILES string of the molecule is Cc1nc(C)c(-c2csc(NC(=O)CCN)n2)s1.Cl. The Labute approximate surface area is 125 Å². The molecule has 0 spiro atoms. The molecule has 0 unspecified atom stereocenters. The molecule has 0 aromatic carbocycles. The van der Waals surface area contributed by atoms with Gasteiger partial charge >= 0.3 is 0 Å². The van der Waals surface area contributed by atoms with E-state index in [9.17, 15) is 4.79 Å². The molecule has 104 valence electrons. The van der Waals surface area contributed by atoms with Crippen molar-refractivity contribution in [3.63, 3.8) is 0 Å². The zero-order chi connectivity index (χ0) is 13.1. The summed E-state index contributed by atoms with van der Waals surface area (Å²) in [4.78, 5) is 21.2. The molecule has 19 heavy (non-hydrogen) atoms. The molecule has 0 aliphatic heterocycles. The summed E-state index contributed by atoms with van der Waals surface area (Å²) in [6.45, 7) is 4.28.